The minimum absolute atomic E-state index is 0.0688. The lowest BCUT2D eigenvalue weighted by molar-refractivity contribution is -0.176. The van der Waals surface area contributed by atoms with Gasteiger partial charge >= 0.3 is 6.18 Å². The zero-order chi connectivity index (χ0) is 13.9. The largest absolute Gasteiger partial charge is 0.411 e. The molecular weight excluding hydrogens is 277 g/mol. The van der Waals surface area contributed by atoms with Gasteiger partial charge in [-0.1, -0.05) is 6.92 Å². The Kier molecular flexibility index (Phi) is 4.81. The van der Waals surface area contributed by atoms with E-state index in [-0.39, 0.29) is 6.61 Å². The highest BCUT2D eigenvalue weighted by Crippen LogP contribution is 2.24. The van der Waals surface area contributed by atoms with Gasteiger partial charge in [0.25, 0.3) is 0 Å². The van der Waals surface area contributed by atoms with E-state index in [0.717, 1.165) is 23.5 Å². The molecule has 0 saturated heterocycles. The first-order valence-corrected chi connectivity index (χ1v) is 7.15. The number of hydrogen-bond acceptors (Lipinski definition) is 4. The maximum Gasteiger partial charge on any atom is 0.411 e. The van der Waals surface area contributed by atoms with Crippen LogP contribution in [0, 0.1) is 0 Å². The van der Waals surface area contributed by atoms with Gasteiger partial charge in [-0.2, -0.15) is 13.2 Å². The fourth-order valence-electron chi connectivity index (χ4n) is 1.69. The molecule has 0 bridgehead atoms. The van der Waals surface area contributed by atoms with E-state index in [0.29, 0.717) is 11.0 Å². The molecule has 0 radical (unpaired) electrons. The summed E-state index contributed by atoms with van der Waals surface area (Å²) in [5.41, 5.74) is 0.962. The van der Waals surface area contributed by atoms with Crippen molar-refractivity contribution in [3.05, 3.63) is 15.6 Å². The molecule has 0 aliphatic heterocycles. The Bertz CT molecular complexity index is 416. The SMILES string of the molecule is CCc1nc(COCC(F)(F)F)sc1CNC1CC1. The predicted octanol–water partition coefficient (Wildman–Crippen LogP) is 3.04. The van der Waals surface area contributed by atoms with Gasteiger partial charge in [0, 0.05) is 17.5 Å². The average Bonchev–Trinajstić information content (AvgIpc) is 3.06. The molecule has 1 saturated carbocycles. The molecule has 1 aliphatic rings. The van der Waals surface area contributed by atoms with Crippen LogP contribution in [0.5, 0.6) is 0 Å². The molecule has 3 nitrogen and oxygen atoms in total. The van der Waals surface area contributed by atoms with Crippen molar-refractivity contribution < 1.29 is 17.9 Å². The Morgan fingerprint density at radius 1 is 1.42 bits per heavy atom. The van der Waals surface area contributed by atoms with E-state index in [9.17, 15) is 13.2 Å². The van der Waals surface area contributed by atoms with Gasteiger partial charge in [-0.3, -0.25) is 0 Å². The number of thiazole rings is 1. The minimum atomic E-state index is -4.28. The lowest BCUT2D eigenvalue weighted by atomic mass is 10.3. The Hall–Kier alpha value is -0.660. The van der Waals surface area contributed by atoms with Crippen LogP contribution in [0.2, 0.25) is 0 Å². The van der Waals surface area contributed by atoms with Crippen molar-refractivity contribution in [3.8, 4) is 0 Å². The fraction of sp³-hybridized carbons (Fsp3) is 0.750. The summed E-state index contributed by atoms with van der Waals surface area (Å²) in [4.78, 5) is 5.44. The molecule has 0 atom stereocenters. The van der Waals surface area contributed by atoms with E-state index in [1.807, 2.05) is 6.92 Å². The first-order chi connectivity index (χ1) is 8.98. The highest BCUT2D eigenvalue weighted by Gasteiger charge is 2.27. The van der Waals surface area contributed by atoms with Crippen LogP contribution < -0.4 is 5.32 Å². The molecule has 0 spiro atoms. The van der Waals surface area contributed by atoms with Gasteiger partial charge in [0.2, 0.25) is 0 Å². The molecule has 1 aliphatic carbocycles. The number of ether oxygens (including phenoxy) is 1. The van der Waals surface area contributed by atoms with E-state index in [4.69, 9.17) is 0 Å². The molecule has 7 heteroatoms. The summed E-state index contributed by atoms with van der Waals surface area (Å²) >= 11 is 1.44. The molecule has 108 valence electrons. The molecule has 2 rings (SSSR count). The number of nitrogens with zero attached hydrogens (tertiary/aromatic N) is 1. The van der Waals surface area contributed by atoms with Gasteiger partial charge in [0.15, 0.2) is 0 Å². The zero-order valence-electron chi connectivity index (χ0n) is 10.7. The van der Waals surface area contributed by atoms with Crippen molar-refractivity contribution in [2.45, 2.75) is 51.6 Å². The van der Waals surface area contributed by atoms with E-state index in [2.05, 4.69) is 15.0 Å². The van der Waals surface area contributed by atoms with Gasteiger partial charge in [-0.15, -0.1) is 11.3 Å². The fourth-order valence-corrected chi connectivity index (χ4v) is 2.74. The molecule has 1 aromatic rings. The molecule has 0 unspecified atom stereocenters. The van der Waals surface area contributed by atoms with Crippen LogP contribution in [0.3, 0.4) is 0 Å². The Balaban J connectivity index is 1.85. The molecule has 19 heavy (non-hydrogen) atoms. The Morgan fingerprint density at radius 3 is 2.74 bits per heavy atom. The molecular formula is C12H17F3N2OS. The number of aromatic nitrogens is 1. The molecule has 1 aromatic heterocycles. The number of halogens is 3. The van der Waals surface area contributed by atoms with E-state index >= 15 is 0 Å². The van der Waals surface area contributed by atoms with Crippen LogP contribution in [-0.2, 0) is 24.3 Å². The van der Waals surface area contributed by atoms with Crippen LogP contribution in [0.4, 0.5) is 13.2 Å². The predicted molar refractivity (Wildman–Crippen MR) is 67.1 cm³/mol. The van der Waals surface area contributed by atoms with Crippen LogP contribution in [0.15, 0.2) is 0 Å². The first kappa shape index (κ1) is 14.7. The summed E-state index contributed by atoms with van der Waals surface area (Å²) in [6.45, 7) is 1.46. The smallest absolute Gasteiger partial charge is 0.365 e. The quantitative estimate of drug-likeness (QED) is 0.839. The molecule has 1 N–H and O–H groups in total. The standard InChI is InChI=1S/C12H17F3N2OS/c1-2-9-10(5-16-8-3-4-8)19-11(17-9)6-18-7-12(13,14)15/h8,16H,2-7H2,1H3. The number of alkyl halides is 3. The lowest BCUT2D eigenvalue weighted by Gasteiger charge is -2.05. The highest BCUT2D eigenvalue weighted by atomic mass is 32.1. The van der Waals surface area contributed by atoms with Gasteiger partial charge < -0.3 is 10.1 Å². The molecule has 1 heterocycles. The van der Waals surface area contributed by atoms with E-state index in [1.165, 1.54) is 24.2 Å². The minimum Gasteiger partial charge on any atom is -0.365 e. The summed E-state index contributed by atoms with van der Waals surface area (Å²) in [5.74, 6) is 0. The third-order valence-electron chi connectivity index (χ3n) is 2.78. The van der Waals surface area contributed by atoms with E-state index < -0.39 is 12.8 Å². The number of rotatable bonds is 7. The van der Waals surface area contributed by atoms with Gasteiger partial charge in [-0.05, 0) is 19.3 Å². The second kappa shape index (κ2) is 6.19. The molecule has 1 fully saturated rings. The van der Waals surface area contributed by atoms with Crippen LogP contribution >= 0.6 is 11.3 Å². The average molecular weight is 294 g/mol. The first-order valence-electron chi connectivity index (χ1n) is 6.33. The monoisotopic (exact) mass is 294 g/mol. The third kappa shape index (κ3) is 5.08. The Labute approximate surface area is 114 Å². The van der Waals surface area contributed by atoms with E-state index in [1.54, 1.807) is 0 Å². The van der Waals surface area contributed by atoms with Crippen molar-refractivity contribution >= 4 is 11.3 Å². The summed E-state index contributed by atoms with van der Waals surface area (Å²) in [7, 11) is 0. The maximum atomic E-state index is 12.0. The third-order valence-corrected chi connectivity index (χ3v) is 3.85. The van der Waals surface area contributed by atoms with Crippen molar-refractivity contribution in [3.63, 3.8) is 0 Å². The topological polar surface area (TPSA) is 34.1 Å². The van der Waals surface area contributed by atoms with Crippen LogP contribution in [0.1, 0.15) is 35.3 Å². The zero-order valence-corrected chi connectivity index (χ0v) is 11.5. The highest BCUT2D eigenvalue weighted by molar-refractivity contribution is 7.11. The maximum absolute atomic E-state index is 12.0. The van der Waals surface area contributed by atoms with Crippen molar-refractivity contribution in [2.75, 3.05) is 6.61 Å². The molecule has 0 aromatic carbocycles. The normalized spacial score (nSPS) is 16.0. The van der Waals surface area contributed by atoms with Crippen molar-refractivity contribution in [2.24, 2.45) is 0 Å². The van der Waals surface area contributed by atoms with Gasteiger partial charge in [0.1, 0.15) is 11.6 Å². The lowest BCUT2D eigenvalue weighted by Crippen LogP contribution is -2.16. The van der Waals surface area contributed by atoms with Crippen molar-refractivity contribution in [1.82, 2.24) is 10.3 Å². The number of nitrogens with one attached hydrogen (secondary N) is 1. The van der Waals surface area contributed by atoms with Crippen LogP contribution in [-0.4, -0.2) is 23.8 Å². The summed E-state index contributed by atoms with van der Waals surface area (Å²) in [5, 5.41) is 4.01. The van der Waals surface area contributed by atoms with Gasteiger partial charge in [-0.25, -0.2) is 4.98 Å². The van der Waals surface area contributed by atoms with Crippen molar-refractivity contribution in [1.29, 1.82) is 0 Å². The number of aryl methyl sites for hydroxylation is 1. The molecule has 0 amide bonds. The second-order valence-electron chi connectivity index (χ2n) is 4.59. The van der Waals surface area contributed by atoms with Gasteiger partial charge in [0.05, 0.1) is 12.3 Å². The summed E-state index contributed by atoms with van der Waals surface area (Å²) < 4.78 is 40.6. The summed E-state index contributed by atoms with van der Waals surface area (Å²) in [6.07, 6.45) is -1.07. The second-order valence-corrected chi connectivity index (χ2v) is 5.76. The number of hydrogen-bond donors (Lipinski definition) is 1. The Morgan fingerprint density at radius 2 is 2.16 bits per heavy atom. The summed E-state index contributed by atoms with van der Waals surface area (Å²) in [6, 6.07) is 0.608. The van der Waals surface area contributed by atoms with Crippen LogP contribution in [0.25, 0.3) is 0 Å².